The Kier molecular flexibility index (Phi) is 10.0. The first-order valence-corrected chi connectivity index (χ1v) is 21.6. The molecule has 3 aromatic heterocycles. The average Bonchev–Trinajstić information content (AvgIpc) is 3.95. The lowest BCUT2D eigenvalue weighted by Crippen LogP contribution is -2.54. The lowest BCUT2D eigenvalue weighted by atomic mass is 9.57. The van der Waals surface area contributed by atoms with Crippen molar-refractivity contribution in [1.82, 2.24) is 39.5 Å². The van der Waals surface area contributed by atoms with Crippen LogP contribution in [0.15, 0.2) is 61.2 Å². The zero-order valence-corrected chi connectivity index (χ0v) is 34.3. The van der Waals surface area contributed by atoms with Crippen LogP contribution in [0.3, 0.4) is 0 Å². The number of anilines is 2. The number of nitrogens with zero attached hydrogens (tertiary/aromatic N) is 7. The third-order valence-corrected chi connectivity index (χ3v) is 14.0. The van der Waals surface area contributed by atoms with Gasteiger partial charge in [-0.05, 0) is 119 Å². The van der Waals surface area contributed by atoms with Gasteiger partial charge in [-0.25, -0.2) is 9.50 Å². The molecule has 0 bridgehead atoms. The van der Waals surface area contributed by atoms with E-state index in [2.05, 4.69) is 41.8 Å². The Morgan fingerprint density at radius 2 is 1.79 bits per heavy atom. The summed E-state index contributed by atoms with van der Waals surface area (Å²) in [5.74, 6) is -0.393. The van der Waals surface area contributed by atoms with Gasteiger partial charge in [0.15, 0.2) is 5.65 Å². The highest BCUT2D eigenvalue weighted by Crippen LogP contribution is 2.54. The second-order valence-corrected chi connectivity index (χ2v) is 17.8. The van der Waals surface area contributed by atoms with Gasteiger partial charge in [0.1, 0.15) is 17.4 Å². The van der Waals surface area contributed by atoms with Gasteiger partial charge in [0, 0.05) is 55.2 Å². The maximum Gasteiger partial charge on any atom is 0.264 e. The molecule has 5 aromatic rings. The number of aromatic nitrogens is 5. The van der Waals surface area contributed by atoms with E-state index in [0.717, 1.165) is 54.7 Å². The Balaban J connectivity index is 0.670. The number of hydrogen-bond donors (Lipinski definition) is 3. The first kappa shape index (κ1) is 39.0. The fourth-order valence-corrected chi connectivity index (χ4v) is 10.7. The van der Waals surface area contributed by atoms with Crippen LogP contribution in [-0.2, 0) is 9.59 Å². The summed E-state index contributed by atoms with van der Waals surface area (Å²) in [6, 6.07) is 10.2. The van der Waals surface area contributed by atoms with E-state index in [1.54, 1.807) is 42.2 Å². The summed E-state index contributed by atoms with van der Waals surface area (Å²) >= 11 is 0. The maximum atomic E-state index is 13.5. The van der Waals surface area contributed by atoms with Crippen LogP contribution in [0.4, 0.5) is 11.4 Å². The Labute approximate surface area is 352 Å². The number of amides is 5. The lowest BCUT2D eigenvalue weighted by molar-refractivity contribution is -0.136. The smallest absolute Gasteiger partial charge is 0.264 e. The molecule has 3 N–H and O–H groups in total. The fourth-order valence-electron chi connectivity index (χ4n) is 10.7. The first-order chi connectivity index (χ1) is 29.6. The highest BCUT2D eigenvalue weighted by molar-refractivity contribution is 6.25. The van der Waals surface area contributed by atoms with Crippen molar-refractivity contribution in [2.24, 2.45) is 17.3 Å². The number of benzene rings is 2. The monoisotopic (exact) mass is 826 g/mol. The van der Waals surface area contributed by atoms with E-state index in [1.807, 2.05) is 18.2 Å². The summed E-state index contributed by atoms with van der Waals surface area (Å²) in [7, 11) is 1.59. The van der Waals surface area contributed by atoms with Crippen molar-refractivity contribution in [3.8, 4) is 5.75 Å². The largest absolute Gasteiger partial charge is 0.494 e. The number of piperidine rings is 2. The van der Waals surface area contributed by atoms with Crippen molar-refractivity contribution >= 4 is 57.5 Å². The van der Waals surface area contributed by atoms with E-state index in [9.17, 15) is 24.0 Å². The number of likely N-dealkylation sites (tertiary alicyclic amines) is 1. The molecule has 6 heterocycles. The molecule has 2 aliphatic carbocycles. The molecule has 2 saturated heterocycles. The third-order valence-electron chi connectivity index (χ3n) is 14.0. The Hall–Kier alpha value is -6.16. The molecule has 0 radical (unpaired) electrons. The lowest BCUT2D eigenvalue weighted by Gasteiger charge is -2.53. The van der Waals surface area contributed by atoms with E-state index in [0.29, 0.717) is 69.3 Å². The van der Waals surface area contributed by atoms with Crippen LogP contribution >= 0.6 is 0 Å². The van der Waals surface area contributed by atoms with E-state index in [-0.39, 0.29) is 24.7 Å². The number of carbonyl (C=O) groups is 5. The molecule has 1 atom stereocenters. The molecule has 2 saturated carbocycles. The summed E-state index contributed by atoms with van der Waals surface area (Å²) in [5.41, 5.74) is 3.96. The summed E-state index contributed by atoms with van der Waals surface area (Å²) in [6.45, 7) is 4.17. The third kappa shape index (κ3) is 7.29. The molecule has 4 fully saturated rings. The molecule has 2 aromatic carbocycles. The first-order valence-electron chi connectivity index (χ1n) is 21.6. The van der Waals surface area contributed by atoms with Crippen molar-refractivity contribution in [2.75, 3.05) is 43.9 Å². The number of methoxy groups -OCH3 is 1. The van der Waals surface area contributed by atoms with Crippen molar-refractivity contribution < 1.29 is 28.7 Å². The highest BCUT2D eigenvalue weighted by Gasteiger charge is 2.47. The minimum absolute atomic E-state index is 0.0967. The molecule has 3 aliphatic heterocycles. The van der Waals surface area contributed by atoms with E-state index in [1.165, 1.54) is 44.7 Å². The molecule has 5 aliphatic rings. The molecule has 10 rings (SSSR count). The highest BCUT2D eigenvalue weighted by atomic mass is 16.5. The summed E-state index contributed by atoms with van der Waals surface area (Å²) in [4.78, 5) is 72.1. The Bertz CT molecular complexity index is 2560. The number of imide groups is 2. The SMILES string of the molecule is COc1cc2nn(C3CCC(CN4CCC5(CC4)CC(CCNc4cccc6c4C(=O)N(C4CCC(=O)NC4=O)C6=O)C5)CC3)cc2cc1NC(=O)c1cnn2cccnc12. The number of hydrogen-bond acceptors (Lipinski definition) is 11. The Morgan fingerprint density at radius 1 is 0.967 bits per heavy atom. The van der Waals surface area contributed by atoms with Gasteiger partial charge in [0.2, 0.25) is 11.8 Å². The second-order valence-electron chi connectivity index (χ2n) is 17.8. The Morgan fingerprint density at radius 3 is 2.57 bits per heavy atom. The average molecular weight is 827 g/mol. The zero-order valence-electron chi connectivity index (χ0n) is 34.3. The fraction of sp³-hybridized carbons (Fsp3) is 0.467. The van der Waals surface area contributed by atoms with Crippen LogP contribution < -0.4 is 20.7 Å². The van der Waals surface area contributed by atoms with Gasteiger partial charge in [0.05, 0.1) is 41.7 Å². The number of rotatable bonds is 11. The normalized spacial score (nSPS) is 23.0. The van der Waals surface area contributed by atoms with E-state index >= 15 is 0 Å². The van der Waals surface area contributed by atoms with Crippen molar-refractivity contribution in [3.63, 3.8) is 0 Å². The van der Waals surface area contributed by atoms with Gasteiger partial charge in [-0.15, -0.1) is 0 Å². The molecule has 1 spiro atoms. The van der Waals surface area contributed by atoms with Crippen LogP contribution in [0.5, 0.6) is 5.75 Å². The standard InChI is InChI=1S/C45H50N10O6/c1-61-37-21-34-29(20-35(37)49-41(57)32-24-48-53-17-3-15-47-40(32)53)26-54(51-34)30-8-6-27(7-9-30)25-52-18-13-45(14-19-52)22-28(23-45)12-16-46-33-5-2-4-31-39(33)44(60)55(43(31)59)36-10-11-38(56)50-42(36)58/h2-5,15,17,20-21,24,26-28,30,36,46H,6-14,16,18-19,22-23,25H2,1H3,(H,49,57)(H,50,56,58). The molecule has 16 heteroatoms. The van der Waals surface area contributed by atoms with Gasteiger partial charge >= 0.3 is 0 Å². The quantitative estimate of drug-likeness (QED) is 0.144. The number of carbonyl (C=O) groups excluding carboxylic acids is 5. The van der Waals surface area contributed by atoms with Gasteiger partial charge in [-0.2, -0.15) is 10.2 Å². The van der Waals surface area contributed by atoms with Crippen LogP contribution in [0, 0.1) is 17.3 Å². The van der Waals surface area contributed by atoms with Crippen LogP contribution in [0.2, 0.25) is 0 Å². The predicted octanol–water partition coefficient (Wildman–Crippen LogP) is 5.47. The number of fused-ring (bicyclic) bond motifs is 3. The van der Waals surface area contributed by atoms with Crippen molar-refractivity contribution in [1.29, 1.82) is 0 Å². The summed E-state index contributed by atoms with van der Waals surface area (Å²) in [5, 5.41) is 18.8. The maximum absolute atomic E-state index is 13.5. The predicted molar refractivity (Wildman–Crippen MR) is 225 cm³/mol. The molecular formula is C45H50N10O6. The van der Waals surface area contributed by atoms with E-state index < -0.39 is 23.8 Å². The molecule has 5 amide bonds. The molecule has 316 valence electrons. The summed E-state index contributed by atoms with van der Waals surface area (Å²) in [6.07, 6.45) is 17.7. The number of nitrogens with one attached hydrogen (secondary N) is 3. The van der Waals surface area contributed by atoms with Crippen LogP contribution in [0.1, 0.15) is 108 Å². The topological polar surface area (TPSA) is 185 Å². The zero-order chi connectivity index (χ0) is 41.8. The van der Waals surface area contributed by atoms with Crippen molar-refractivity contribution in [2.45, 2.75) is 82.7 Å². The van der Waals surface area contributed by atoms with Gasteiger partial charge < -0.3 is 20.3 Å². The molecule has 16 nitrogen and oxygen atoms in total. The number of ether oxygens (including phenoxy) is 1. The van der Waals surface area contributed by atoms with Gasteiger partial charge in [0.25, 0.3) is 17.7 Å². The second kappa shape index (κ2) is 15.7. The van der Waals surface area contributed by atoms with E-state index in [4.69, 9.17) is 9.84 Å². The van der Waals surface area contributed by atoms with Crippen LogP contribution in [-0.4, -0.2) is 103 Å². The van der Waals surface area contributed by atoms with Crippen molar-refractivity contribution in [3.05, 3.63) is 77.9 Å². The minimum atomic E-state index is -0.972. The molecular weight excluding hydrogens is 777 g/mol. The van der Waals surface area contributed by atoms with Gasteiger partial charge in [-0.1, -0.05) is 6.07 Å². The summed E-state index contributed by atoms with van der Waals surface area (Å²) < 4.78 is 9.34. The van der Waals surface area contributed by atoms with Crippen LogP contribution in [0.25, 0.3) is 16.6 Å². The molecule has 1 unspecified atom stereocenters. The minimum Gasteiger partial charge on any atom is -0.494 e. The van der Waals surface area contributed by atoms with Gasteiger partial charge in [-0.3, -0.25) is 38.9 Å². The molecule has 61 heavy (non-hydrogen) atoms.